The molecule has 2 heterocycles. The number of pyridine rings is 1. The Morgan fingerprint density at radius 2 is 2.15 bits per heavy atom. The van der Waals surface area contributed by atoms with E-state index in [9.17, 15) is 19.7 Å². The molecule has 2 aromatic carbocycles. The SMILES string of the molecule is Cc1cc(Oc2ncccc2C#N)ccc1NC(=O)CN1C(=O)COc2ccc([N+](=O)[O-])cc21. The fraction of sp³-hybridized carbons (Fsp3) is 0.130. The Bertz CT molecular complexity index is 1350. The van der Waals surface area contributed by atoms with Gasteiger partial charge in [-0.1, -0.05) is 0 Å². The minimum Gasteiger partial charge on any atom is -0.482 e. The Balaban J connectivity index is 1.48. The summed E-state index contributed by atoms with van der Waals surface area (Å²) < 4.78 is 11.0. The first-order valence-electron chi connectivity index (χ1n) is 10.0. The van der Waals surface area contributed by atoms with Gasteiger partial charge in [-0.25, -0.2) is 4.98 Å². The number of nitrogens with zero attached hydrogens (tertiary/aromatic N) is 4. The number of carbonyl (C=O) groups excluding carboxylic acids is 2. The van der Waals surface area contributed by atoms with Gasteiger partial charge in [0.05, 0.1) is 10.6 Å². The summed E-state index contributed by atoms with van der Waals surface area (Å²) in [6.45, 7) is 1.12. The number of ether oxygens (including phenoxy) is 2. The molecular formula is C23H17N5O6. The van der Waals surface area contributed by atoms with Crippen LogP contribution in [0.25, 0.3) is 0 Å². The Morgan fingerprint density at radius 1 is 1.32 bits per heavy atom. The van der Waals surface area contributed by atoms with Crippen LogP contribution in [0.1, 0.15) is 11.1 Å². The van der Waals surface area contributed by atoms with Crippen LogP contribution in [0, 0.1) is 28.4 Å². The van der Waals surface area contributed by atoms with Crippen LogP contribution in [0.2, 0.25) is 0 Å². The molecule has 4 rings (SSSR count). The van der Waals surface area contributed by atoms with Crippen LogP contribution in [-0.2, 0) is 9.59 Å². The lowest BCUT2D eigenvalue weighted by molar-refractivity contribution is -0.384. The maximum atomic E-state index is 12.7. The van der Waals surface area contributed by atoms with Gasteiger partial charge in [0.25, 0.3) is 11.6 Å². The lowest BCUT2D eigenvalue weighted by atomic mass is 10.2. The van der Waals surface area contributed by atoms with E-state index < -0.39 is 16.7 Å². The standard InChI is InChI=1S/C23H17N5O6/c1-14-9-17(34-23-15(11-24)3-2-8-25-23)5-6-18(14)26-21(29)12-27-19-10-16(28(31)32)4-7-20(19)33-13-22(27)30/h2-10H,12-13H2,1H3,(H,26,29). The number of carbonyl (C=O) groups is 2. The number of rotatable bonds is 6. The highest BCUT2D eigenvalue weighted by atomic mass is 16.6. The molecule has 1 aromatic heterocycles. The molecule has 1 aliphatic rings. The molecule has 3 aromatic rings. The summed E-state index contributed by atoms with van der Waals surface area (Å²) in [6, 6.07) is 14.0. The molecule has 11 nitrogen and oxygen atoms in total. The molecule has 34 heavy (non-hydrogen) atoms. The first-order chi connectivity index (χ1) is 16.4. The molecule has 0 spiro atoms. The highest BCUT2D eigenvalue weighted by Gasteiger charge is 2.29. The number of benzene rings is 2. The van der Waals surface area contributed by atoms with Gasteiger partial charge in [0, 0.05) is 24.0 Å². The molecule has 0 saturated carbocycles. The maximum absolute atomic E-state index is 12.7. The third kappa shape index (κ3) is 4.61. The van der Waals surface area contributed by atoms with Crippen LogP contribution in [0.3, 0.4) is 0 Å². The van der Waals surface area contributed by atoms with Crippen LogP contribution in [0.4, 0.5) is 17.1 Å². The largest absolute Gasteiger partial charge is 0.482 e. The summed E-state index contributed by atoms with van der Waals surface area (Å²) in [5.74, 6) is -0.120. The van der Waals surface area contributed by atoms with Gasteiger partial charge in [-0.2, -0.15) is 5.26 Å². The predicted octanol–water partition coefficient (Wildman–Crippen LogP) is 3.33. The number of aryl methyl sites for hydroxylation is 1. The van der Waals surface area contributed by atoms with E-state index >= 15 is 0 Å². The van der Waals surface area contributed by atoms with Crippen molar-refractivity contribution >= 4 is 28.9 Å². The number of nitrogens with one attached hydrogen (secondary N) is 1. The van der Waals surface area contributed by atoms with E-state index in [2.05, 4.69) is 10.3 Å². The molecule has 2 amide bonds. The van der Waals surface area contributed by atoms with Gasteiger partial charge < -0.3 is 14.8 Å². The average Bonchev–Trinajstić information content (AvgIpc) is 2.82. The zero-order valence-electron chi connectivity index (χ0n) is 17.8. The molecule has 0 aliphatic carbocycles. The van der Waals surface area contributed by atoms with E-state index in [-0.39, 0.29) is 41.7 Å². The first-order valence-corrected chi connectivity index (χ1v) is 10.0. The molecule has 0 unspecified atom stereocenters. The number of nitro benzene ring substituents is 1. The van der Waals surface area contributed by atoms with Gasteiger partial charge in [0.2, 0.25) is 11.8 Å². The van der Waals surface area contributed by atoms with Crippen LogP contribution in [-0.4, -0.2) is 34.9 Å². The summed E-state index contributed by atoms with van der Waals surface area (Å²) in [5, 5.41) is 23.0. The third-order valence-electron chi connectivity index (χ3n) is 4.98. The number of hydrogen-bond donors (Lipinski definition) is 1. The second-order valence-corrected chi connectivity index (χ2v) is 7.27. The third-order valence-corrected chi connectivity index (χ3v) is 4.98. The number of hydrogen-bond acceptors (Lipinski definition) is 8. The number of fused-ring (bicyclic) bond motifs is 1. The lowest BCUT2D eigenvalue weighted by Crippen LogP contribution is -2.43. The summed E-state index contributed by atoms with van der Waals surface area (Å²) in [5.41, 5.74) is 1.38. The molecular weight excluding hydrogens is 442 g/mol. The monoisotopic (exact) mass is 459 g/mol. The summed E-state index contributed by atoms with van der Waals surface area (Å²) in [4.78, 5) is 40.8. The van der Waals surface area contributed by atoms with E-state index in [1.165, 1.54) is 24.4 Å². The summed E-state index contributed by atoms with van der Waals surface area (Å²) >= 11 is 0. The average molecular weight is 459 g/mol. The van der Waals surface area contributed by atoms with E-state index in [0.29, 0.717) is 17.0 Å². The Morgan fingerprint density at radius 3 is 2.88 bits per heavy atom. The molecule has 0 radical (unpaired) electrons. The number of amides is 2. The second-order valence-electron chi connectivity index (χ2n) is 7.27. The molecule has 170 valence electrons. The van der Waals surface area contributed by atoms with Crippen LogP contribution >= 0.6 is 0 Å². The van der Waals surface area contributed by atoms with Crippen LogP contribution in [0.5, 0.6) is 17.4 Å². The van der Waals surface area contributed by atoms with Gasteiger partial charge in [0.15, 0.2) is 6.61 Å². The van der Waals surface area contributed by atoms with Crippen molar-refractivity contribution in [1.82, 2.24) is 4.98 Å². The van der Waals surface area contributed by atoms with Crippen molar-refractivity contribution in [3.05, 3.63) is 76.0 Å². The van der Waals surface area contributed by atoms with Crippen LogP contribution < -0.4 is 19.7 Å². The van der Waals surface area contributed by atoms with E-state index in [1.807, 2.05) is 6.07 Å². The smallest absolute Gasteiger partial charge is 0.271 e. The number of nitriles is 1. The minimum absolute atomic E-state index is 0.157. The number of anilines is 2. The first kappa shape index (κ1) is 22.2. The Labute approximate surface area is 193 Å². The zero-order chi connectivity index (χ0) is 24.2. The molecule has 0 bridgehead atoms. The van der Waals surface area contributed by atoms with Gasteiger partial charge >= 0.3 is 0 Å². The van der Waals surface area contributed by atoms with Crippen LogP contribution in [0.15, 0.2) is 54.7 Å². The lowest BCUT2D eigenvalue weighted by Gasteiger charge is -2.28. The van der Waals surface area contributed by atoms with Gasteiger partial charge in [0.1, 0.15) is 29.7 Å². The number of non-ortho nitro benzene ring substituents is 1. The highest BCUT2D eigenvalue weighted by molar-refractivity contribution is 6.05. The molecule has 0 fully saturated rings. The summed E-state index contributed by atoms with van der Waals surface area (Å²) in [6.07, 6.45) is 1.51. The van der Waals surface area contributed by atoms with Crippen molar-refractivity contribution in [3.8, 4) is 23.4 Å². The van der Waals surface area contributed by atoms with E-state index in [1.54, 1.807) is 37.3 Å². The van der Waals surface area contributed by atoms with Gasteiger partial charge in [-0.05, 0) is 48.9 Å². The Kier molecular flexibility index (Phi) is 6.05. The fourth-order valence-corrected chi connectivity index (χ4v) is 3.32. The van der Waals surface area contributed by atoms with Crippen molar-refractivity contribution in [2.75, 3.05) is 23.4 Å². The maximum Gasteiger partial charge on any atom is 0.271 e. The quantitative estimate of drug-likeness (QED) is 0.436. The molecule has 11 heteroatoms. The van der Waals surface area contributed by atoms with Crippen molar-refractivity contribution in [3.63, 3.8) is 0 Å². The zero-order valence-corrected chi connectivity index (χ0v) is 17.8. The van der Waals surface area contributed by atoms with Crippen molar-refractivity contribution in [1.29, 1.82) is 5.26 Å². The highest BCUT2D eigenvalue weighted by Crippen LogP contribution is 2.35. The number of nitro groups is 1. The molecule has 1 aliphatic heterocycles. The Hall–Kier alpha value is -4.98. The molecule has 1 N–H and O–H groups in total. The van der Waals surface area contributed by atoms with Crippen molar-refractivity contribution in [2.24, 2.45) is 0 Å². The van der Waals surface area contributed by atoms with E-state index in [0.717, 1.165) is 4.90 Å². The fourth-order valence-electron chi connectivity index (χ4n) is 3.32. The topological polar surface area (TPSA) is 148 Å². The molecule has 0 atom stereocenters. The van der Waals surface area contributed by atoms with E-state index in [4.69, 9.17) is 14.7 Å². The van der Waals surface area contributed by atoms with Gasteiger partial charge in [-0.15, -0.1) is 0 Å². The molecule has 0 saturated heterocycles. The van der Waals surface area contributed by atoms with Crippen molar-refractivity contribution < 1.29 is 24.0 Å². The number of aromatic nitrogens is 1. The second kappa shape index (κ2) is 9.25. The predicted molar refractivity (Wildman–Crippen MR) is 120 cm³/mol. The minimum atomic E-state index is -0.588. The van der Waals surface area contributed by atoms with Gasteiger partial charge in [-0.3, -0.25) is 24.6 Å². The van der Waals surface area contributed by atoms with Crippen molar-refractivity contribution in [2.45, 2.75) is 6.92 Å². The normalized spacial score (nSPS) is 12.2. The summed E-state index contributed by atoms with van der Waals surface area (Å²) in [7, 11) is 0.